The minimum absolute atomic E-state index is 0.540. The van der Waals surface area contributed by atoms with E-state index in [-0.39, 0.29) is 0 Å². The molecule has 0 radical (unpaired) electrons. The summed E-state index contributed by atoms with van der Waals surface area (Å²) in [5.74, 6) is 0. The second kappa shape index (κ2) is 2.45. The third-order valence-corrected chi connectivity index (χ3v) is 2.38. The Morgan fingerprint density at radius 3 is 2.83 bits per heavy atom. The van der Waals surface area contributed by atoms with Crippen LogP contribution >= 0.6 is 11.6 Å². The maximum atomic E-state index is 5.89. The number of fused-ring (bicyclic) bond motifs is 1. The summed E-state index contributed by atoms with van der Waals surface area (Å²) in [4.78, 5) is 4.16. The Kier molecular flexibility index (Phi) is 1.54. The van der Waals surface area contributed by atoms with Crippen LogP contribution in [0.25, 0.3) is 5.65 Å². The lowest BCUT2D eigenvalue weighted by Crippen LogP contribution is -1.97. The molecule has 4 heteroatoms. The van der Waals surface area contributed by atoms with E-state index < -0.39 is 0 Å². The summed E-state index contributed by atoms with van der Waals surface area (Å²) in [6.45, 7) is 3.94. The van der Waals surface area contributed by atoms with E-state index in [0.717, 1.165) is 16.8 Å². The number of aryl methyl sites for hydroxylation is 1. The zero-order valence-electron chi connectivity index (χ0n) is 6.87. The molecule has 2 aromatic heterocycles. The van der Waals surface area contributed by atoms with Gasteiger partial charge >= 0.3 is 0 Å². The first-order valence-electron chi connectivity index (χ1n) is 3.66. The number of hydrogen-bond donors (Lipinski definition) is 0. The Hall–Kier alpha value is -1.09. The van der Waals surface area contributed by atoms with Crippen molar-refractivity contribution in [1.82, 2.24) is 14.6 Å². The largest absolute Gasteiger partial charge is 0.235 e. The molecule has 2 aromatic rings. The van der Waals surface area contributed by atoms with Crippen LogP contribution in [0.1, 0.15) is 11.1 Å². The average Bonchev–Trinajstić information content (AvgIpc) is 2.48. The summed E-state index contributed by atoms with van der Waals surface area (Å²) in [6.07, 6.45) is 3.50. The molecule has 2 rings (SSSR count). The van der Waals surface area contributed by atoms with Gasteiger partial charge in [0.25, 0.3) is 0 Å². The molecule has 0 saturated heterocycles. The average molecular weight is 182 g/mol. The molecule has 0 atom stereocenters. The molecule has 0 aliphatic rings. The molecule has 0 aromatic carbocycles. The molecule has 0 N–H and O–H groups in total. The number of halogens is 1. The fraction of sp³-hybridized carbons (Fsp3) is 0.250. The monoisotopic (exact) mass is 181 g/mol. The number of rotatable bonds is 0. The molecule has 2 heterocycles. The number of imidazole rings is 1. The van der Waals surface area contributed by atoms with E-state index in [1.165, 1.54) is 0 Å². The number of hydrogen-bond acceptors (Lipinski definition) is 2. The molecule has 0 aliphatic heterocycles. The Labute approximate surface area is 75.0 Å². The maximum Gasteiger partial charge on any atom is 0.156 e. The Bertz CT molecular complexity index is 433. The van der Waals surface area contributed by atoms with E-state index in [2.05, 4.69) is 10.1 Å². The first-order chi connectivity index (χ1) is 5.70. The van der Waals surface area contributed by atoms with Crippen molar-refractivity contribution in [1.29, 1.82) is 0 Å². The van der Waals surface area contributed by atoms with E-state index in [9.17, 15) is 0 Å². The van der Waals surface area contributed by atoms with Gasteiger partial charge in [0.2, 0.25) is 0 Å². The zero-order valence-corrected chi connectivity index (χ0v) is 7.63. The van der Waals surface area contributed by atoms with Crippen molar-refractivity contribution in [2.24, 2.45) is 0 Å². The summed E-state index contributed by atoms with van der Waals surface area (Å²) in [7, 11) is 0. The van der Waals surface area contributed by atoms with Crippen molar-refractivity contribution in [3.8, 4) is 0 Å². The van der Waals surface area contributed by atoms with Crippen LogP contribution in [0.3, 0.4) is 0 Å². The van der Waals surface area contributed by atoms with E-state index >= 15 is 0 Å². The molecule has 0 amide bonds. The first-order valence-corrected chi connectivity index (χ1v) is 4.04. The smallest absolute Gasteiger partial charge is 0.156 e. The summed E-state index contributed by atoms with van der Waals surface area (Å²) in [5, 5.41) is 4.66. The summed E-state index contributed by atoms with van der Waals surface area (Å²) >= 11 is 5.89. The third-order valence-electron chi connectivity index (χ3n) is 2.02. The molecule has 3 nitrogen and oxygen atoms in total. The van der Waals surface area contributed by atoms with Crippen LogP contribution in [0.4, 0.5) is 0 Å². The predicted molar refractivity (Wildman–Crippen MR) is 47.5 cm³/mol. The summed E-state index contributed by atoms with van der Waals surface area (Å²) in [6, 6.07) is 0. The molecule has 12 heavy (non-hydrogen) atoms. The second-order valence-corrected chi connectivity index (χ2v) is 3.09. The highest BCUT2D eigenvalue weighted by Crippen LogP contribution is 2.18. The van der Waals surface area contributed by atoms with E-state index in [1.807, 2.05) is 13.8 Å². The Balaban J connectivity index is 2.94. The van der Waals surface area contributed by atoms with Gasteiger partial charge in [-0.1, -0.05) is 11.6 Å². The minimum atomic E-state index is 0.540. The maximum absolute atomic E-state index is 5.89. The molecule has 62 valence electrons. The molecule has 0 fully saturated rings. The van der Waals surface area contributed by atoms with Crippen LogP contribution in [0.5, 0.6) is 0 Å². The molecule has 0 bridgehead atoms. The highest BCUT2D eigenvalue weighted by Gasteiger charge is 2.06. The summed E-state index contributed by atoms with van der Waals surface area (Å²) < 4.78 is 1.69. The molecular formula is C8H8ClN3. The number of nitrogens with zero attached hydrogens (tertiary/aromatic N) is 3. The molecule has 0 aliphatic carbocycles. The Morgan fingerprint density at radius 1 is 1.33 bits per heavy atom. The quantitative estimate of drug-likeness (QED) is 0.622. The van der Waals surface area contributed by atoms with Crippen molar-refractivity contribution >= 4 is 17.2 Å². The van der Waals surface area contributed by atoms with Gasteiger partial charge in [0.05, 0.1) is 0 Å². The number of aromatic nitrogens is 3. The van der Waals surface area contributed by atoms with Crippen molar-refractivity contribution in [3.05, 3.63) is 28.7 Å². The van der Waals surface area contributed by atoms with Crippen molar-refractivity contribution in [2.45, 2.75) is 13.8 Å². The molecular weight excluding hydrogens is 174 g/mol. The van der Waals surface area contributed by atoms with Crippen LogP contribution in [-0.4, -0.2) is 14.6 Å². The van der Waals surface area contributed by atoms with Crippen molar-refractivity contribution < 1.29 is 0 Å². The van der Waals surface area contributed by atoms with Crippen LogP contribution < -0.4 is 0 Å². The van der Waals surface area contributed by atoms with Gasteiger partial charge in [-0.25, -0.2) is 9.50 Å². The van der Waals surface area contributed by atoms with Gasteiger partial charge in [0.15, 0.2) is 10.8 Å². The van der Waals surface area contributed by atoms with Gasteiger partial charge in [0.1, 0.15) is 0 Å². The van der Waals surface area contributed by atoms with E-state index in [4.69, 9.17) is 11.6 Å². The lowest BCUT2D eigenvalue weighted by atomic mass is 10.2. The summed E-state index contributed by atoms with van der Waals surface area (Å²) in [5.41, 5.74) is 2.95. The van der Waals surface area contributed by atoms with Gasteiger partial charge < -0.3 is 0 Å². The minimum Gasteiger partial charge on any atom is -0.235 e. The highest BCUT2D eigenvalue weighted by atomic mass is 35.5. The molecule has 0 saturated carbocycles. The van der Waals surface area contributed by atoms with Gasteiger partial charge in [-0.15, -0.1) is 0 Å². The fourth-order valence-electron chi connectivity index (χ4n) is 1.14. The normalized spacial score (nSPS) is 10.9. The Morgan fingerprint density at radius 2 is 2.08 bits per heavy atom. The fourth-order valence-corrected chi connectivity index (χ4v) is 1.36. The van der Waals surface area contributed by atoms with Crippen LogP contribution in [0.15, 0.2) is 12.4 Å². The predicted octanol–water partition coefficient (Wildman–Crippen LogP) is 2.00. The lowest BCUT2D eigenvalue weighted by molar-refractivity contribution is 0.917. The third kappa shape index (κ3) is 0.898. The van der Waals surface area contributed by atoms with Crippen molar-refractivity contribution in [3.63, 3.8) is 0 Å². The SMILES string of the molecule is Cc1c(Cl)nn2ccnc2c1C. The van der Waals surface area contributed by atoms with Gasteiger partial charge in [-0.05, 0) is 25.0 Å². The van der Waals surface area contributed by atoms with E-state index in [0.29, 0.717) is 5.15 Å². The van der Waals surface area contributed by atoms with Gasteiger partial charge in [0, 0.05) is 12.4 Å². The van der Waals surface area contributed by atoms with Gasteiger partial charge in [-0.2, -0.15) is 5.10 Å². The van der Waals surface area contributed by atoms with Crippen LogP contribution in [0, 0.1) is 13.8 Å². The first kappa shape index (κ1) is 7.55. The lowest BCUT2D eigenvalue weighted by Gasteiger charge is -2.02. The van der Waals surface area contributed by atoms with Crippen molar-refractivity contribution in [2.75, 3.05) is 0 Å². The second-order valence-electron chi connectivity index (χ2n) is 2.74. The van der Waals surface area contributed by atoms with E-state index in [1.54, 1.807) is 16.9 Å². The highest BCUT2D eigenvalue weighted by molar-refractivity contribution is 6.30. The van der Waals surface area contributed by atoms with Crippen LogP contribution in [-0.2, 0) is 0 Å². The standard InChI is InChI=1S/C8H8ClN3/c1-5-6(2)8-10-3-4-12(8)11-7(5)9/h3-4H,1-2H3. The topological polar surface area (TPSA) is 30.2 Å². The van der Waals surface area contributed by atoms with Gasteiger partial charge in [-0.3, -0.25) is 0 Å². The molecule has 0 unspecified atom stereocenters. The zero-order chi connectivity index (χ0) is 8.72. The molecule has 0 spiro atoms. The van der Waals surface area contributed by atoms with Crippen LogP contribution in [0.2, 0.25) is 5.15 Å².